The smallest absolute Gasteiger partial charge is 0.150 e. The van der Waals surface area contributed by atoms with Crippen molar-refractivity contribution in [2.45, 2.75) is 13.0 Å². The lowest BCUT2D eigenvalue weighted by molar-refractivity contribution is 0.283. The minimum atomic E-state index is -2.76. The van der Waals surface area contributed by atoms with Gasteiger partial charge < -0.3 is 4.90 Å². The van der Waals surface area contributed by atoms with Crippen LogP contribution >= 0.6 is 22.9 Å². The molecular weight excluding hydrogens is 278 g/mol. The molecule has 1 fully saturated rings. The van der Waals surface area contributed by atoms with E-state index in [4.69, 9.17) is 11.6 Å². The Balaban J connectivity index is 1.84. The van der Waals surface area contributed by atoms with Crippen molar-refractivity contribution >= 4 is 32.8 Å². The SMILES string of the molecule is CN(Cc1ccc(Cl)s1)CC1CCS(=O)(=O)C1. The quantitative estimate of drug-likeness (QED) is 0.855. The second-order valence-corrected chi connectivity index (χ2v) is 8.70. The van der Waals surface area contributed by atoms with Crippen LogP contribution in [0, 0.1) is 5.92 Å². The van der Waals surface area contributed by atoms with E-state index in [0.717, 1.165) is 23.8 Å². The molecular formula is C11H16ClNO2S2. The maximum Gasteiger partial charge on any atom is 0.150 e. The van der Waals surface area contributed by atoms with E-state index in [1.807, 2.05) is 19.2 Å². The van der Waals surface area contributed by atoms with Gasteiger partial charge in [-0.05, 0) is 31.5 Å². The van der Waals surface area contributed by atoms with Gasteiger partial charge in [0.05, 0.1) is 15.8 Å². The zero-order valence-electron chi connectivity index (χ0n) is 9.73. The fourth-order valence-electron chi connectivity index (χ4n) is 2.22. The summed E-state index contributed by atoms with van der Waals surface area (Å²) in [5.41, 5.74) is 0. The highest BCUT2D eigenvalue weighted by molar-refractivity contribution is 7.91. The van der Waals surface area contributed by atoms with Crippen LogP contribution in [0.2, 0.25) is 4.34 Å². The van der Waals surface area contributed by atoms with Gasteiger partial charge in [-0.15, -0.1) is 11.3 Å². The van der Waals surface area contributed by atoms with E-state index in [0.29, 0.717) is 17.4 Å². The zero-order chi connectivity index (χ0) is 12.5. The highest BCUT2D eigenvalue weighted by Crippen LogP contribution is 2.24. The van der Waals surface area contributed by atoms with Gasteiger partial charge in [-0.2, -0.15) is 0 Å². The fraction of sp³-hybridized carbons (Fsp3) is 0.636. The van der Waals surface area contributed by atoms with E-state index >= 15 is 0 Å². The van der Waals surface area contributed by atoms with Crippen LogP contribution in [0.5, 0.6) is 0 Å². The molecule has 1 aliphatic rings. The molecule has 2 heterocycles. The van der Waals surface area contributed by atoms with Crippen molar-refractivity contribution in [1.82, 2.24) is 4.90 Å². The second-order valence-electron chi connectivity index (χ2n) is 4.67. The Labute approximate surface area is 111 Å². The number of hydrogen-bond acceptors (Lipinski definition) is 4. The first kappa shape index (κ1) is 13.3. The van der Waals surface area contributed by atoms with Gasteiger partial charge in [0.15, 0.2) is 9.84 Å². The summed E-state index contributed by atoms with van der Waals surface area (Å²) in [5, 5.41) is 0. The largest absolute Gasteiger partial charge is 0.301 e. The van der Waals surface area contributed by atoms with E-state index in [-0.39, 0.29) is 0 Å². The van der Waals surface area contributed by atoms with Crippen LogP contribution in [0.25, 0.3) is 0 Å². The maximum atomic E-state index is 11.4. The van der Waals surface area contributed by atoms with Gasteiger partial charge in [0.1, 0.15) is 0 Å². The molecule has 1 aromatic heterocycles. The van der Waals surface area contributed by atoms with Crippen LogP contribution < -0.4 is 0 Å². The van der Waals surface area contributed by atoms with Crippen molar-refractivity contribution in [1.29, 1.82) is 0 Å². The van der Waals surface area contributed by atoms with E-state index in [1.165, 1.54) is 4.88 Å². The minimum Gasteiger partial charge on any atom is -0.301 e. The highest BCUT2D eigenvalue weighted by Gasteiger charge is 2.28. The standard InChI is InChI=1S/C11H16ClNO2S2/c1-13(7-10-2-3-11(12)16-10)6-9-4-5-17(14,15)8-9/h2-3,9H,4-8H2,1H3. The first-order valence-electron chi connectivity index (χ1n) is 5.58. The molecule has 0 N–H and O–H groups in total. The van der Waals surface area contributed by atoms with E-state index in [1.54, 1.807) is 11.3 Å². The van der Waals surface area contributed by atoms with Crippen LogP contribution in [0.15, 0.2) is 12.1 Å². The first-order valence-corrected chi connectivity index (χ1v) is 8.59. The van der Waals surface area contributed by atoms with E-state index < -0.39 is 9.84 Å². The Morgan fingerprint density at radius 2 is 2.29 bits per heavy atom. The molecule has 0 saturated carbocycles. The Bertz CT molecular complexity index is 483. The van der Waals surface area contributed by atoms with Crippen molar-refractivity contribution < 1.29 is 8.42 Å². The third-order valence-corrected chi connectivity index (χ3v) is 6.00. The molecule has 6 heteroatoms. The molecule has 1 aromatic rings. The molecule has 0 aliphatic carbocycles. The number of rotatable bonds is 4. The van der Waals surface area contributed by atoms with Gasteiger partial charge in [0.25, 0.3) is 0 Å². The fourth-order valence-corrected chi connectivity index (χ4v) is 5.24. The lowest BCUT2D eigenvalue weighted by Crippen LogP contribution is -2.25. The molecule has 2 rings (SSSR count). The molecule has 1 unspecified atom stereocenters. The molecule has 0 radical (unpaired) electrons. The van der Waals surface area contributed by atoms with E-state index in [2.05, 4.69) is 4.90 Å². The molecule has 96 valence electrons. The predicted octanol–water partition coefficient (Wildman–Crippen LogP) is 2.27. The third-order valence-electron chi connectivity index (χ3n) is 2.95. The summed E-state index contributed by atoms with van der Waals surface area (Å²) >= 11 is 7.45. The average molecular weight is 294 g/mol. The summed E-state index contributed by atoms with van der Waals surface area (Å²) in [4.78, 5) is 3.39. The predicted molar refractivity (Wildman–Crippen MR) is 72.4 cm³/mol. The third kappa shape index (κ3) is 3.95. The molecule has 0 spiro atoms. The lowest BCUT2D eigenvalue weighted by atomic mass is 10.1. The number of nitrogens with zero attached hydrogens (tertiary/aromatic N) is 1. The summed E-state index contributed by atoms with van der Waals surface area (Å²) in [7, 11) is -0.729. The van der Waals surface area contributed by atoms with Crippen LogP contribution in [0.4, 0.5) is 0 Å². The van der Waals surface area contributed by atoms with Gasteiger partial charge in [0, 0.05) is 18.0 Å². The van der Waals surface area contributed by atoms with Crippen LogP contribution in [0.1, 0.15) is 11.3 Å². The maximum absolute atomic E-state index is 11.4. The Hall–Kier alpha value is -0.100. The first-order chi connectivity index (χ1) is 7.94. The summed E-state index contributed by atoms with van der Waals surface area (Å²) in [6.07, 6.45) is 0.803. The molecule has 0 aromatic carbocycles. The molecule has 1 saturated heterocycles. The minimum absolute atomic E-state index is 0.292. The lowest BCUT2D eigenvalue weighted by Gasteiger charge is -2.19. The zero-order valence-corrected chi connectivity index (χ0v) is 12.1. The van der Waals surface area contributed by atoms with Crippen molar-refractivity contribution in [3.8, 4) is 0 Å². The van der Waals surface area contributed by atoms with Gasteiger partial charge >= 0.3 is 0 Å². The topological polar surface area (TPSA) is 37.4 Å². The number of halogens is 1. The number of thiophene rings is 1. The van der Waals surface area contributed by atoms with Crippen LogP contribution in [-0.2, 0) is 16.4 Å². The number of hydrogen-bond donors (Lipinski definition) is 0. The Morgan fingerprint density at radius 1 is 1.53 bits per heavy atom. The van der Waals surface area contributed by atoms with Crippen LogP contribution in [0.3, 0.4) is 0 Å². The highest BCUT2D eigenvalue weighted by atomic mass is 35.5. The van der Waals surface area contributed by atoms with Gasteiger partial charge in [0.2, 0.25) is 0 Å². The van der Waals surface area contributed by atoms with E-state index in [9.17, 15) is 8.42 Å². The van der Waals surface area contributed by atoms with Gasteiger partial charge in [-0.25, -0.2) is 8.42 Å². The molecule has 1 atom stereocenters. The van der Waals surface area contributed by atoms with Crippen molar-refractivity contribution in [3.05, 3.63) is 21.3 Å². The Morgan fingerprint density at radius 3 is 2.82 bits per heavy atom. The summed E-state index contributed by atoms with van der Waals surface area (Å²) < 4.78 is 23.5. The van der Waals surface area contributed by atoms with Crippen molar-refractivity contribution in [2.75, 3.05) is 25.1 Å². The van der Waals surface area contributed by atoms with Gasteiger partial charge in [-0.3, -0.25) is 0 Å². The monoisotopic (exact) mass is 293 g/mol. The summed E-state index contributed by atoms with van der Waals surface area (Å²) in [6.45, 7) is 1.68. The van der Waals surface area contributed by atoms with Crippen molar-refractivity contribution in [2.24, 2.45) is 5.92 Å². The average Bonchev–Trinajstić information content (AvgIpc) is 2.73. The van der Waals surface area contributed by atoms with Crippen molar-refractivity contribution in [3.63, 3.8) is 0 Å². The Kier molecular flexibility index (Phi) is 4.13. The molecule has 0 bridgehead atoms. The summed E-state index contributed by atoms with van der Waals surface area (Å²) in [6, 6.07) is 3.92. The van der Waals surface area contributed by atoms with Gasteiger partial charge in [-0.1, -0.05) is 11.6 Å². The number of sulfone groups is 1. The summed E-state index contributed by atoms with van der Waals surface area (Å²) in [5.74, 6) is 0.999. The molecule has 3 nitrogen and oxygen atoms in total. The van der Waals surface area contributed by atoms with Crippen LogP contribution in [-0.4, -0.2) is 38.4 Å². The normalized spacial score (nSPS) is 23.4. The molecule has 1 aliphatic heterocycles. The molecule has 0 amide bonds. The molecule has 17 heavy (non-hydrogen) atoms. The second kappa shape index (κ2) is 5.26.